The second-order valence-electron chi connectivity index (χ2n) is 12.8. The molecule has 5 N–H and O–H groups in total. The van der Waals surface area contributed by atoms with E-state index in [9.17, 15) is 29.1 Å². The molecule has 272 valence electrons. The fraction of sp³-hybridized carbons (Fsp3) is 0.486. The second-order valence-corrected chi connectivity index (χ2v) is 12.8. The van der Waals surface area contributed by atoms with Crippen LogP contribution in [0, 0.1) is 11.8 Å². The standard InChI is InChI=1S/C37H49N3O10/c1-20-15-25-32(38)27(41)18-26(34(25)44)40(19-28(42)24-12-8-9-13-29(24)47-5)36(45)21(2)11-10-14-30(48-6)35(50-37(39)46)23(4)17-22(3)33(43)31(16-20)49-7/h8-9,11-13,17-18,20,22,30-31,33,35,43H,10,14-16,19,38H2,1-7H3,(H2,39,46)/b21-11+,23-17-/t20-,22+,30-,31-,33+,35-/m1/s1. The van der Waals surface area contributed by atoms with E-state index in [0.29, 0.717) is 5.57 Å². The van der Waals surface area contributed by atoms with E-state index in [-0.39, 0.29) is 65.5 Å². The Kier molecular flexibility index (Phi) is 14.3. The van der Waals surface area contributed by atoms with Gasteiger partial charge >= 0.3 is 6.09 Å². The van der Waals surface area contributed by atoms with Crippen molar-refractivity contribution in [2.75, 3.05) is 27.9 Å². The summed E-state index contributed by atoms with van der Waals surface area (Å²) < 4.78 is 22.2. The lowest BCUT2D eigenvalue weighted by Crippen LogP contribution is -2.41. The largest absolute Gasteiger partial charge is 0.496 e. The molecule has 0 spiro atoms. The molecule has 3 rings (SSSR count). The minimum absolute atomic E-state index is 0.00426. The van der Waals surface area contributed by atoms with Gasteiger partial charge < -0.3 is 35.5 Å². The van der Waals surface area contributed by atoms with Crippen LogP contribution in [0.3, 0.4) is 0 Å². The van der Waals surface area contributed by atoms with Gasteiger partial charge in [0.05, 0.1) is 48.9 Å². The molecular formula is C37H49N3O10. The van der Waals surface area contributed by atoms with Crippen LogP contribution in [0.25, 0.3) is 0 Å². The van der Waals surface area contributed by atoms with Crippen molar-refractivity contribution in [1.82, 2.24) is 4.90 Å². The molecule has 0 radical (unpaired) electrons. The molecule has 2 bridgehead atoms. The van der Waals surface area contributed by atoms with E-state index >= 15 is 0 Å². The molecule has 0 aromatic heterocycles. The van der Waals surface area contributed by atoms with Crippen LogP contribution in [-0.2, 0) is 28.6 Å². The average Bonchev–Trinajstić information content (AvgIpc) is 3.09. The predicted octanol–water partition coefficient (Wildman–Crippen LogP) is 3.55. The fourth-order valence-electron chi connectivity index (χ4n) is 6.36. The Labute approximate surface area is 292 Å². The highest BCUT2D eigenvalue weighted by Gasteiger charge is 2.36. The number of nitrogens with two attached hydrogens (primary N) is 2. The Balaban J connectivity index is 2.15. The molecule has 50 heavy (non-hydrogen) atoms. The number of hydrogen-bond acceptors (Lipinski definition) is 11. The van der Waals surface area contributed by atoms with Gasteiger partial charge in [-0.15, -0.1) is 0 Å². The number of ether oxygens (including phenoxy) is 4. The predicted molar refractivity (Wildman–Crippen MR) is 185 cm³/mol. The van der Waals surface area contributed by atoms with Gasteiger partial charge in [-0.1, -0.05) is 38.1 Å². The molecule has 6 atom stereocenters. The summed E-state index contributed by atoms with van der Waals surface area (Å²) >= 11 is 0. The van der Waals surface area contributed by atoms with Crippen molar-refractivity contribution < 1.29 is 48.0 Å². The van der Waals surface area contributed by atoms with Crippen LogP contribution in [0.5, 0.6) is 5.75 Å². The number of rotatable bonds is 7. The molecular weight excluding hydrogens is 646 g/mol. The zero-order chi connectivity index (χ0) is 37.3. The fourth-order valence-corrected chi connectivity index (χ4v) is 6.36. The number of allylic oxidation sites excluding steroid dienone is 3. The number of Topliss-reactive ketones (excluding diaryl/α,β-unsaturated/α-hetero) is 2. The molecule has 13 heteroatoms. The van der Waals surface area contributed by atoms with Crippen LogP contribution >= 0.6 is 0 Å². The summed E-state index contributed by atoms with van der Waals surface area (Å²) in [6.07, 6.45) is 0.858. The number of ketones is 3. The van der Waals surface area contributed by atoms with Gasteiger partial charge in [0.1, 0.15) is 5.75 Å². The lowest BCUT2D eigenvalue weighted by Gasteiger charge is -2.30. The highest BCUT2D eigenvalue weighted by molar-refractivity contribution is 6.24. The maximum absolute atomic E-state index is 14.1. The first kappa shape index (κ1) is 39.8. The summed E-state index contributed by atoms with van der Waals surface area (Å²) in [7, 11) is 4.32. The Bertz CT molecular complexity index is 1590. The van der Waals surface area contributed by atoms with E-state index in [4.69, 9.17) is 30.4 Å². The van der Waals surface area contributed by atoms with Crippen molar-refractivity contribution in [3.63, 3.8) is 0 Å². The van der Waals surface area contributed by atoms with Crippen molar-refractivity contribution in [3.8, 4) is 5.75 Å². The molecule has 2 amide bonds. The van der Waals surface area contributed by atoms with Crippen LogP contribution < -0.4 is 16.2 Å². The summed E-state index contributed by atoms with van der Waals surface area (Å²) in [6.45, 7) is 6.31. The molecule has 13 nitrogen and oxygen atoms in total. The van der Waals surface area contributed by atoms with Gasteiger partial charge in [0.25, 0.3) is 5.91 Å². The summed E-state index contributed by atoms with van der Waals surface area (Å²) in [5.41, 5.74) is 12.0. The number of hydrogen-bond donors (Lipinski definition) is 3. The molecule has 1 heterocycles. The van der Waals surface area contributed by atoms with Gasteiger partial charge in [0, 0.05) is 37.4 Å². The molecule has 0 fully saturated rings. The van der Waals surface area contributed by atoms with Crippen molar-refractivity contribution >= 4 is 29.4 Å². The average molecular weight is 696 g/mol. The third-order valence-electron chi connectivity index (χ3n) is 9.12. The van der Waals surface area contributed by atoms with Crippen LogP contribution in [0.1, 0.15) is 63.7 Å². The number of benzene rings is 1. The Morgan fingerprint density at radius 2 is 1.68 bits per heavy atom. The van der Waals surface area contributed by atoms with Crippen LogP contribution in [0.4, 0.5) is 4.79 Å². The minimum Gasteiger partial charge on any atom is -0.496 e. The zero-order valence-corrected chi connectivity index (χ0v) is 29.8. The quantitative estimate of drug-likeness (QED) is 0.214. The molecule has 1 aromatic carbocycles. The molecule has 1 aliphatic carbocycles. The summed E-state index contributed by atoms with van der Waals surface area (Å²) in [4.78, 5) is 68.1. The number of fused-ring (bicyclic) bond motifs is 2. The number of aliphatic hydroxyl groups excluding tert-OH is 1. The maximum Gasteiger partial charge on any atom is 0.405 e. The minimum atomic E-state index is -1.01. The third-order valence-corrected chi connectivity index (χ3v) is 9.12. The molecule has 0 unspecified atom stereocenters. The van der Waals surface area contributed by atoms with E-state index in [1.807, 2.05) is 6.92 Å². The molecule has 2 aliphatic rings. The molecule has 0 saturated carbocycles. The number of nitrogens with zero attached hydrogens (tertiary/aromatic N) is 1. The highest BCUT2D eigenvalue weighted by Crippen LogP contribution is 2.31. The maximum atomic E-state index is 14.1. The number of carbonyl (C=O) groups excluding carboxylic acids is 5. The Morgan fingerprint density at radius 1 is 1.02 bits per heavy atom. The van der Waals surface area contributed by atoms with Crippen molar-refractivity contribution in [3.05, 3.63) is 76.2 Å². The first-order chi connectivity index (χ1) is 23.6. The summed E-state index contributed by atoms with van der Waals surface area (Å²) in [5.74, 6) is -3.07. The van der Waals surface area contributed by atoms with Gasteiger partial charge in [0.2, 0.25) is 11.6 Å². The first-order valence-electron chi connectivity index (χ1n) is 16.5. The van der Waals surface area contributed by atoms with E-state index in [0.717, 1.165) is 11.0 Å². The van der Waals surface area contributed by atoms with Gasteiger partial charge in [-0.25, -0.2) is 4.79 Å². The van der Waals surface area contributed by atoms with E-state index in [2.05, 4.69) is 0 Å². The zero-order valence-electron chi connectivity index (χ0n) is 29.8. The van der Waals surface area contributed by atoms with Gasteiger partial charge in [-0.05, 0) is 63.2 Å². The van der Waals surface area contributed by atoms with Crippen molar-refractivity contribution in [2.45, 2.75) is 77.8 Å². The SMILES string of the molecule is COc1ccccc1C(=O)CN1C(=O)/C(C)=C/CC[C@@H](OC)[C@H](OC(N)=O)/C(C)=C\[C@H](C)[C@H](O)[C@H](OC)C[C@H](C)CC2=C(N)C(=O)C=C1C2=O. The highest BCUT2D eigenvalue weighted by atomic mass is 16.6. The number of carbonyl (C=O) groups is 5. The van der Waals surface area contributed by atoms with E-state index < -0.39 is 66.2 Å². The van der Waals surface area contributed by atoms with E-state index in [1.54, 1.807) is 50.3 Å². The van der Waals surface area contributed by atoms with Crippen molar-refractivity contribution in [1.29, 1.82) is 0 Å². The lowest BCUT2D eigenvalue weighted by atomic mass is 9.85. The topological polar surface area (TPSA) is 198 Å². The van der Waals surface area contributed by atoms with Crippen LogP contribution in [0.15, 0.2) is 70.6 Å². The first-order valence-corrected chi connectivity index (χ1v) is 16.5. The Morgan fingerprint density at radius 3 is 2.30 bits per heavy atom. The monoisotopic (exact) mass is 695 g/mol. The molecule has 1 aliphatic heterocycles. The van der Waals surface area contributed by atoms with Crippen LogP contribution in [-0.4, -0.2) is 91.6 Å². The van der Waals surface area contributed by atoms with E-state index in [1.165, 1.54) is 28.3 Å². The number of aliphatic hydroxyl groups is 1. The summed E-state index contributed by atoms with van der Waals surface area (Å²) in [5, 5.41) is 11.3. The Hall–Kier alpha value is -4.59. The third kappa shape index (κ3) is 9.55. The summed E-state index contributed by atoms with van der Waals surface area (Å²) in [6, 6.07) is 6.48. The molecule has 1 aromatic rings. The normalized spacial score (nSPS) is 28.3. The van der Waals surface area contributed by atoms with Crippen molar-refractivity contribution in [2.24, 2.45) is 23.3 Å². The number of amides is 2. The number of para-hydroxylation sites is 1. The van der Waals surface area contributed by atoms with Gasteiger partial charge in [0.15, 0.2) is 11.9 Å². The smallest absolute Gasteiger partial charge is 0.405 e. The van der Waals surface area contributed by atoms with Crippen LogP contribution in [0.2, 0.25) is 0 Å². The molecule has 0 saturated heterocycles. The van der Waals surface area contributed by atoms with Gasteiger partial charge in [-0.3, -0.25) is 24.1 Å². The van der Waals surface area contributed by atoms with Gasteiger partial charge in [-0.2, -0.15) is 0 Å². The lowest BCUT2D eigenvalue weighted by molar-refractivity contribution is -0.128. The number of primary amides is 1. The number of methoxy groups -OCH3 is 3. The second kappa shape index (κ2) is 17.9.